The molecule has 1 aliphatic rings. The average Bonchev–Trinajstić information content (AvgIpc) is 2.93. The predicted octanol–water partition coefficient (Wildman–Crippen LogP) is 0.810. The highest BCUT2D eigenvalue weighted by molar-refractivity contribution is 5.78. The molecule has 2 heterocycles. The van der Waals surface area contributed by atoms with Crippen LogP contribution in [0.2, 0.25) is 0 Å². The lowest BCUT2D eigenvalue weighted by atomic mass is 9.99. The van der Waals surface area contributed by atoms with E-state index < -0.39 is 0 Å². The second kappa shape index (κ2) is 6.06. The van der Waals surface area contributed by atoms with Crippen molar-refractivity contribution >= 4 is 5.96 Å². The fraction of sp³-hybridized carbons (Fsp3) is 0.692. The molecule has 0 unspecified atom stereocenters. The van der Waals surface area contributed by atoms with Gasteiger partial charge in [0.05, 0.1) is 5.69 Å². The summed E-state index contributed by atoms with van der Waals surface area (Å²) in [6, 6.07) is 2.30. The minimum Gasteiger partial charge on any atom is -0.372 e. The maximum absolute atomic E-state index is 5.83. The maximum atomic E-state index is 5.83. The van der Waals surface area contributed by atoms with Gasteiger partial charge in [-0.05, 0) is 26.3 Å². The summed E-state index contributed by atoms with van der Waals surface area (Å²) < 4.78 is 7.68. The Hall–Kier alpha value is -1.56. The Balaban J connectivity index is 1.98. The van der Waals surface area contributed by atoms with Crippen molar-refractivity contribution in [2.24, 2.45) is 23.7 Å². The third-order valence-corrected chi connectivity index (χ3v) is 3.30. The number of hydrogen-bond acceptors (Lipinski definition) is 3. The summed E-state index contributed by atoms with van der Waals surface area (Å²) in [6.45, 7) is 5.54. The van der Waals surface area contributed by atoms with E-state index in [2.05, 4.69) is 15.4 Å². The zero-order chi connectivity index (χ0) is 13.8. The standard InChI is InChI=1S/C13H23N5O/c1-9(2)17-13(14)15-8-10-5-7-19-12(10)11-4-6-16-18(11)3/h4,6,9-10,12H,5,7-8H2,1-3H3,(H3,14,15,17)/t10-,12+/m0/s1. The van der Waals surface area contributed by atoms with Gasteiger partial charge in [-0.25, -0.2) is 0 Å². The van der Waals surface area contributed by atoms with Crippen molar-refractivity contribution < 1.29 is 4.74 Å². The molecule has 0 amide bonds. The highest BCUT2D eigenvalue weighted by Crippen LogP contribution is 2.34. The molecule has 0 radical (unpaired) electrons. The number of ether oxygens (including phenoxy) is 1. The van der Waals surface area contributed by atoms with Crippen molar-refractivity contribution in [1.29, 1.82) is 0 Å². The molecule has 1 fully saturated rings. The molecule has 0 spiro atoms. The summed E-state index contributed by atoms with van der Waals surface area (Å²) in [6.07, 6.45) is 2.88. The molecule has 3 N–H and O–H groups in total. The second-order valence-corrected chi connectivity index (χ2v) is 5.24. The molecule has 2 atom stereocenters. The van der Waals surface area contributed by atoms with Crippen molar-refractivity contribution in [2.45, 2.75) is 32.4 Å². The molecule has 6 nitrogen and oxygen atoms in total. The molecule has 2 rings (SSSR count). The lowest BCUT2D eigenvalue weighted by Crippen LogP contribution is -2.37. The molecule has 1 saturated heterocycles. The van der Waals surface area contributed by atoms with Crippen molar-refractivity contribution in [3.05, 3.63) is 18.0 Å². The van der Waals surface area contributed by atoms with Crippen LogP contribution >= 0.6 is 0 Å². The summed E-state index contributed by atoms with van der Waals surface area (Å²) in [7, 11) is 1.94. The van der Waals surface area contributed by atoms with E-state index >= 15 is 0 Å². The van der Waals surface area contributed by atoms with Crippen molar-refractivity contribution in [1.82, 2.24) is 15.1 Å². The van der Waals surface area contributed by atoms with Gasteiger partial charge in [-0.15, -0.1) is 0 Å². The first-order valence-electron chi connectivity index (χ1n) is 6.74. The van der Waals surface area contributed by atoms with Crippen LogP contribution in [0.15, 0.2) is 17.3 Å². The van der Waals surface area contributed by atoms with E-state index in [1.54, 1.807) is 6.20 Å². The molecular weight excluding hydrogens is 242 g/mol. The molecule has 0 saturated carbocycles. The van der Waals surface area contributed by atoms with Crippen LogP contribution in [0.1, 0.15) is 32.1 Å². The van der Waals surface area contributed by atoms with Crippen molar-refractivity contribution in [3.8, 4) is 0 Å². The summed E-state index contributed by atoms with van der Waals surface area (Å²) in [5.41, 5.74) is 6.93. The number of rotatable bonds is 4. The number of aromatic nitrogens is 2. The average molecular weight is 265 g/mol. The van der Waals surface area contributed by atoms with Gasteiger partial charge in [0, 0.05) is 38.4 Å². The third-order valence-electron chi connectivity index (χ3n) is 3.30. The lowest BCUT2D eigenvalue weighted by molar-refractivity contribution is 0.0859. The largest absolute Gasteiger partial charge is 0.372 e. The Kier molecular flexibility index (Phi) is 4.42. The zero-order valence-electron chi connectivity index (χ0n) is 11.8. The summed E-state index contributed by atoms with van der Waals surface area (Å²) >= 11 is 0. The van der Waals surface area contributed by atoms with Crippen LogP contribution in [0.25, 0.3) is 0 Å². The van der Waals surface area contributed by atoms with Gasteiger partial charge in [0.25, 0.3) is 0 Å². The van der Waals surface area contributed by atoms with Gasteiger partial charge >= 0.3 is 0 Å². The van der Waals surface area contributed by atoms with Crippen molar-refractivity contribution in [3.63, 3.8) is 0 Å². The lowest BCUT2D eigenvalue weighted by Gasteiger charge is -2.17. The minimum atomic E-state index is 0.0723. The maximum Gasteiger partial charge on any atom is 0.188 e. The summed E-state index contributed by atoms with van der Waals surface area (Å²) in [5.74, 6) is 0.869. The number of guanidine groups is 1. The van der Waals surface area contributed by atoms with E-state index in [0.717, 1.165) is 18.7 Å². The Morgan fingerprint density at radius 1 is 1.68 bits per heavy atom. The summed E-state index contributed by atoms with van der Waals surface area (Å²) in [5, 5.41) is 7.29. The first-order chi connectivity index (χ1) is 9.08. The molecular formula is C13H23N5O. The van der Waals surface area contributed by atoms with Crippen LogP contribution in [-0.4, -0.2) is 34.9 Å². The minimum absolute atomic E-state index is 0.0723. The Morgan fingerprint density at radius 2 is 2.47 bits per heavy atom. The zero-order valence-corrected chi connectivity index (χ0v) is 11.8. The number of nitrogens with zero attached hydrogens (tertiary/aromatic N) is 3. The molecule has 1 aliphatic heterocycles. The number of nitrogens with two attached hydrogens (primary N) is 1. The topological polar surface area (TPSA) is 77.5 Å². The number of aliphatic imine (C=N–C) groups is 1. The molecule has 0 aliphatic carbocycles. The van der Waals surface area contributed by atoms with Gasteiger partial charge < -0.3 is 15.8 Å². The van der Waals surface area contributed by atoms with Crippen LogP contribution in [-0.2, 0) is 11.8 Å². The fourth-order valence-corrected chi connectivity index (χ4v) is 2.37. The molecule has 0 aromatic carbocycles. The van der Waals surface area contributed by atoms with Gasteiger partial charge in [-0.2, -0.15) is 5.10 Å². The van der Waals surface area contributed by atoms with Gasteiger partial charge in [0.1, 0.15) is 6.10 Å². The number of hydrogen-bond donors (Lipinski definition) is 2. The highest BCUT2D eigenvalue weighted by Gasteiger charge is 2.31. The van der Waals surface area contributed by atoms with E-state index in [1.165, 1.54) is 0 Å². The quantitative estimate of drug-likeness (QED) is 0.624. The summed E-state index contributed by atoms with van der Waals surface area (Å²) in [4.78, 5) is 4.41. The Labute approximate surface area is 114 Å². The molecule has 1 aromatic heterocycles. The van der Waals surface area contributed by atoms with E-state index in [-0.39, 0.29) is 6.10 Å². The van der Waals surface area contributed by atoms with Crippen LogP contribution < -0.4 is 11.1 Å². The molecule has 106 valence electrons. The first kappa shape index (κ1) is 13.9. The number of nitrogens with one attached hydrogen (secondary N) is 1. The van der Waals surface area contributed by atoms with Gasteiger partial charge in [-0.1, -0.05) is 0 Å². The smallest absolute Gasteiger partial charge is 0.188 e. The van der Waals surface area contributed by atoms with E-state index in [0.29, 0.717) is 24.5 Å². The normalized spacial score (nSPS) is 24.1. The van der Waals surface area contributed by atoms with Crippen LogP contribution in [0.4, 0.5) is 0 Å². The van der Waals surface area contributed by atoms with Crippen LogP contribution in [0, 0.1) is 5.92 Å². The van der Waals surface area contributed by atoms with Crippen LogP contribution in [0.3, 0.4) is 0 Å². The number of aryl methyl sites for hydroxylation is 1. The molecule has 1 aromatic rings. The third kappa shape index (κ3) is 3.47. The van der Waals surface area contributed by atoms with Gasteiger partial charge in [0.2, 0.25) is 0 Å². The monoisotopic (exact) mass is 265 g/mol. The SMILES string of the molecule is CC(C)NC(N)=NC[C@@H]1CCO[C@H]1c1ccnn1C. The highest BCUT2D eigenvalue weighted by atomic mass is 16.5. The van der Waals surface area contributed by atoms with Gasteiger partial charge in [-0.3, -0.25) is 9.67 Å². The van der Waals surface area contributed by atoms with Crippen LogP contribution in [0.5, 0.6) is 0 Å². The van der Waals surface area contributed by atoms with E-state index in [4.69, 9.17) is 10.5 Å². The fourth-order valence-electron chi connectivity index (χ4n) is 2.37. The second-order valence-electron chi connectivity index (χ2n) is 5.24. The van der Waals surface area contributed by atoms with E-state index in [9.17, 15) is 0 Å². The Morgan fingerprint density at radius 3 is 3.11 bits per heavy atom. The molecule has 6 heteroatoms. The Bertz CT molecular complexity index is 440. The van der Waals surface area contributed by atoms with E-state index in [1.807, 2.05) is 31.6 Å². The predicted molar refractivity (Wildman–Crippen MR) is 74.8 cm³/mol. The van der Waals surface area contributed by atoms with Crippen molar-refractivity contribution in [2.75, 3.05) is 13.2 Å². The molecule has 19 heavy (non-hydrogen) atoms. The van der Waals surface area contributed by atoms with Gasteiger partial charge in [0.15, 0.2) is 5.96 Å². The molecule has 0 bridgehead atoms. The first-order valence-corrected chi connectivity index (χ1v) is 6.74.